The van der Waals surface area contributed by atoms with Crippen molar-refractivity contribution in [2.45, 2.75) is 32.9 Å². The molecule has 1 heterocycles. The topological polar surface area (TPSA) is 88.2 Å². The summed E-state index contributed by atoms with van der Waals surface area (Å²) in [5.74, 6) is -1.10. The van der Waals surface area contributed by atoms with E-state index in [9.17, 15) is 9.90 Å². The molecule has 0 aliphatic rings. The average Bonchev–Trinajstić information content (AvgIpc) is 2.48. The second kappa shape index (κ2) is 4.19. The molecule has 1 unspecified atom stereocenters. The molecule has 1 atom stereocenters. The van der Waals surface area contributed by atoms with Gasteiger partial charge in [0.25, 0.3) is 0 Å². The van der Waals surface area contributed by atoms with E-state index in [1.807, 2.05) is 6.92 Å². The van der Waals surface area contributed by atoms with Gasteiger partial charge in [-0.15, -0.1) is 5.10 Å². The van der Waals surface area contributed by atoms with Crippen molar-refractivity contribution in [1.29, 1.82) is 0 Å². The maximum absolute atomic E-state index is 10.6. The van der Waals surface area contributed by atoms with Crippen LogP contribution < -0.4 is 0 Å². The van der Waals surface area contributed by atoms with E-state index < -0.39 is 12.1 Å². The number of aliphatic hydroxyl groups excluding tert-OH is 1. The fraction of sp³-hybridized carbons (Fsp3) is 0.625. The van der Waals surface area contributed by atoms with Crippen molar-refractivity contribution in [3.05, 3.63) is 11.4 Å². The zero-order valence-electron chi connectivity index (χ0n) is 8.14. The molecule has 6 nitrogen and oxygen atoms in total. The average molecular weight is 199 g/mol. The molecular weight excluding hydrogens is 186 g/mol. The number of aromatic carboxylic acids is 1. The van der Waals surface area contributed by atoms with E-state index in [1.165, 1.54) is 4.68 Å². The summed E-state index contributed by atoms with van der Waals surface area (Å²) < 4.78 is 1.40. The first-order valence-corrected chi connectivity index (χ1v) is 4.37. The third kappa shape index (κ3) is 2.08. The minimum atomic E-state index is -1.10. The lowest BCUT2D eigenvalue weighted by atomic mass is 10.2. The fourth-order valence-corrected chi connectivity index (χ4v) is 1.06. The van der Waals surface area contributed by atoms with Crippen molar-refractivity contribution in [3.8, 4) is 0 Å². The molecule has 0 fully saturated rings. The lowest BCUT2D eigenvalue weighted by Gasteiger charge is -2.07. The highest BCUT2D eigenvalue weighted by Gasteiger charge is 2.16. The maximum Gasteiger partial charge on any atom is 0.358 e. The van der Waals surface area contributed by atoms with Gasteiger partial charge < -0.3 is 10.2 Å². The van der Waals surface area contributed by atoms with Crippen LogP contribution in [0.25, 0.3) is 0 Å². The number of carboxylic acid groups (broad SMARTS) is 1. The highest BCUT2D eigenvalue weighted by atomic mass is 16.4. The van der Waals surface area contributed by atoms with E-state index in [0.29, 0.717) is 12.1 Å². The predicted octanol–water partition coefficient (Wildman–Crippen LogP) is 0.0556. The number of aromatic nitrogens is 3. The summed E-state index contributed by atoms with van der Waals surface area (Å²) in [6.07, 6.45) is 0.0823. The molecule has 0 aromatic carbocycles. The Morgan fingerprint density at radius 2 is 2.29 bits per heavy atom. The molecule has 14 heavy (non-hydrogen) atoms. The Bertz CT molecular complexity index is 335. The first kappa shape index (κ1) is 10.6. The van der Waals surface area contributed by atoms with Gasteiger partial charge in [-0.3, -0.25) is 0 Å². The van der Waals surface area contributed by atoms with Crippen LogP contribution >= 0.6 is 0 Å². The summed E-state index contributed by atoms with van der Waals surface area (Å²) in [4.78, 5) is 10.6. The molecule has 0 aliphatic heterocycles. The van der Waals surface area contributed by atoms with Crippen molar-refractivity contribution in [2.75, 3.05) is 0 Å². The quantitative estimate of drug-likeness (QED) is 0.715. The Hall–Kier alpha value is -1.43. The van der Waals surface area contributed by atoms with E-state index in [2.05, 4.69) is 10.3 Å². The van der Waals surface area contributed by atoms with E-state index in [-0.39, 0.29) is 12.2 Å². The number of nitrogens with zero attached hydrogens (tertiary/aromatic N) is 3. The number of hydrogen-bond donors (Lipinski definition) is 2. The Morgan fingerprint density at radius 3 is 2.71 bits per heavy atom. The van der Waals surface area contributed by atoms with Crippen LogP contribution in [0.5, 0.6) is 0 Å². The Balaban J connectivity index is 2.84. The van der Waals surface area contributed by atoms with Crippen LogP contribution in [0.15, 0.2) is 0 Å². The van der Waals surface area contributed by atoms with Crippen molar-refractivity contribution in [3.63, 3.8) is 0 Å². The van der Waals surface area contributed by atoms with Gasteiger partial charge in [0, 0.05) is 0 Å². The fourth-order valence-electron chi connectivity index (χ4n) is 1.06. The molecule has 6 heteroatoms. The van der Waals surface area contributed by atoms with Gasteiger partial charge >= 0.3 is 5.97 Å². The van der Waals surface area contributed by atoms with Crippen LogP contribution in [-0.2, 0) is 6.54 Å². The molecule has 0 spiro atoms. The molecule has 0 aliphatic carbocycles. The summed E-state index contributed by atoms with van der Waals surface area (Å²) >= 11 is 0. The number of carbonyl (C=O) groups is 1. The largest absolute Gasteiger partial charge is 0.476 e. The zero-order chi connectivity index (χ0) is 10.7. The first-order chi connectivity index (χ1) is 6.56. The van der Waals surface area contributed by atoms with Crippen molar-refractivity contribution in [1.82, 2.24) is 15.0 Å². The summed E-state index contributed by atoms with van der Waals surface area (Å²) in [5.41, 5.74) is 0.401. The van der Waals surface area contributed by atoms with Gasteiger partial charge in [-0.25, -0.2) is 9.48 Å². The van der Waals surface area contributed by atoms with Crippen LogP contribution in [0.1, 0.15) is 29.5 Å². The number of carboxylic acids is 1. The van der Waals surface area contributed by atoms with Crippen molar-refractivity contribution < 1.29 is 15.0 Å². The summed E-state index contributed by atoms with van der Waals surface area (Å²) in [6.45, 7) is 3.74. The third-order valence-corrected chi connectivity index (χ3v) is 2.04. The SMILES string of the molecule is CCC(O)Cn1nnc(C(=O)O)c1C. The highest BCUT2D eigenvalue weighted by molar-refractivity contribution is 5.86. The van der Waals surface area contributed by atoms with Gasteiger partial charge in [0.05, 0.1) is 18.3 Å². The van der Waals surface area contributed by atoms with Crippen LogP contribution in [0.4, 0.5) is 0 Å². The molecule has 1 rings (SSSR count). The number of rotatable bonds is 4. The van der Waals surface area contributed by atoms with Crippen molar-refractivity contribution >= 4 is 5.97 Å². The minimum absolute atomic E-state index is 0.0618. The Kier molecular flexibility index (Phi) is 3.19. The van der Waals surface area contributed by atoms with Gasteiger partial charge in [-0.05, 0) is 13.3 Å². The Morgan fingerprint density at radius 1 is 1.64 bits per heavy atom. The number of hydrogen-bond acceptors (Lipinski definition) is 4. The minimum Gasteiger partial charge on any atom is -0.476 e. The van der Waals surface area contributed by atoms with Gasteiger partial charge in [-0.1, -0.05) is 12.1 Å². The second-order valence-corrected chi connectivity index (χ2v) is 3.07. The summed E-state index contributed by atoms with van der Waals surface area (Å²) in [7, 11) is 0. The number of aliphatic hydroxyl groups is 1. The van der Waals surface area contributed by atoms with E-state index in [4.69, 9.17) is 5.11 Å². The lowest BCUT2D eigenvalue weighted by molar-refractivity contribution is 0.0689. The molecule has 1 aromatic rings. The van der Waals surface area contributed by atoms with Gasteiger partial charge in [0.2, 0.25) is 0 Å². The molecule has 2 N–H and O–H groups in total. The van der Waals surface area contributed by atoms with Crippen LogP contribution in [0.2, 0.25) is 0 Å². The first-order valence-electron chi connectivity index (χ1n) is 4.37. The molecule has 0 bridgehead atoms. The van der Waals surface area contributed by atoms with Crippen molar-refractivity contribution in [2.24, 2.45) is 0 Å². The zero-order valence-corrected chi connectivity index (χ0v) is 8.14. The third-order valence-electron chi connectivity index (χ3n) is 2.04. The molecule has 78 valence electrons. The maximum atomic E-state index is 10.6. The van der Waals surface area contributed by atoms with Crippen LogP contribution in [0, 0.1) is 6.92 Å². The summed E-state index contributed by atoms with van der Waals surface area (Å²) in [5, 5.41) is 25.2. The molecule has 0 radical (unpaired) electrons. The van der Waals surface area contributed by atoms with Gasteiger partial charge in [0.15, 0.2) is 5.69 Å². The van der Waals surface area contributed by atoms with E-state index in [0.717, 1.165) is 0 Å². The monoisotopic (exact) mass is 199 g/mol. The Labute approximate surface area is 81.2 Å². The lowest BCUT2D eigenvalue weighted by Crippen LogP contribution is -2.17. The molecule has 1 aromatic heterocycles. The van der Waals surface area contributed by atoms with Crippen LogP contribution in [-0.4, -0.2) is 37.3 Å². The van der Waals surface area contributed by atoms with E-state index in [1.54, 1.807) is 6.92 Å². The molecular formula is C8H13N3O3. The molecule has 0 saturated heterocycles. The van der Waals surface area contributed by atoms with Crippen LogP contribution in [0.3, 0.4) is 0 Å². The normalized spacial score (nSPS) is 12.8. The summed E-state index contributed by atoms with van der Waals surface area (Å²) in [6, 6.07) is 0. The smallest absolute Gasteiger partial charge is 0.358 e. The van der Waals surface area contributed by atoms with Gasteiger partial charge in [0.1, 0.15) is 0 Å². The highest BCUT2D eigenvalue weighted by Crippen LogP contribution is 2.05. The predicted molar refractivity (Wildman–Crippen MR) is 48.0 cm³/mol. The standard InChI is InChI=1S/C8H13N3O3/c1-3-6(12)4-11-5(2)7(8(13)14)9-10-11/h6,12H,3-4H2,1-2H3,(H,13,14). The molecule has 0 amide bonds. The molecule has 0 saturated carbocycles. The second-order valence-electron chi connectivity index (χ2n) is 3.07. The van der Waals surface area contributed by atoms with E-state index >= 15 is 0 Å². The van der Waals surface area contributed by atoms with Gasteiger partial charge in [-0.2, -0.15) is 0 Å².